The zero-order chi connectivity index (χ0) is 28.2. The number of thiophene rings is 1. The van der Waals surface area contributed by atoms with Gasteiger partial charge in [-0.1, -0.05) is 29.9 Å². The molecule has 4 rings (SSSR count). The van der Waals surface area contributed by atoms with E-state index >= 15 is 0 Å². The van der Waals surface area contributed by atoms with Gasteiger partial charge in [0.1, 0.15) is 34.3 Å². The van der Waals surface area contributed by atoms with Crippen molar-refractivity contribution < 1.29 is 17.7 Å². The second-order valence-corrected chi connectivity index (χ2v) is 11.9. The molecule has 1 unspecified atom stereocenters. The summed E-state index contributed by atoms with van der Waals surface area (Å²) in [6, 6.07) is 14.8. The molecule has 4 aromatic rings. The highest BCUT2D eigenvalue weighted by Gasteiger charge is 2.26. The van der Waals surface area contributed by atoms with Crippen LogP contribution in [0.1, 0.15) is 30.2 Å². The van der Waals surface area contributed by atoms with Gasteiger partial charge in [-0.25, -0.2) is 13.4 Å². The number of nitrogen functional groups attached to an aromatic ring is 1. The summed E-state index contributed by atoms with van der Waals surface area (Å²) < 4.78 is 32.4. The quantitative estimate of drug-likeness (QED) is 0.234. The van der Waals surface area contributed by atoms with Gasteiger partial charge >= 0.3 is 0 Å². The predicted molar refractivity (Wildman–Crippen MR) is 148 cm³/mol. The third-order valence-corrected chi connectivity index (χ3v) is 9.01. The summed E-state index contributed by atoms with van der Waals surface area (Å²) in [5, 5.41) is 27.4. The molecule has 0 radical (unpaired) electrons. The standard InChI is InChI=1S/C25H21N7O4S3/c1-3-19(38-25-18(13-27)22(20-5-4-10-37-20)17(12-26)23(28)30-25)24(33)29-15-6-8-16(9-7-15)39(34,35)32-21-11-14(2)36-31-21/h4-11,19H,3H2,1-2H3,(H2,28,30)(H,29,33)(H,31,32). The van der Waals surface area contributed by atoms with Crippen molar-refractivity contribution in [1.29, 1.82) is 10.5 Å². The molecule has 3 heterocycles. The number of nitriles is 2. The maximum Gasteiger partial charge on any atom is 0.263 e. The van der Waals surface area contributed by atoms with Gasteiger partial charge < -0.3 is 15.6 Å². The Hall–Kier alpha value is -4.37. The van der Waals surface area contributed by atoms with Crippen molar-refractivity contribution in [3.8, 4) is 22.6 Å². The van der Waals surface area contributed by atoms with Gasteiger partial charge in [-0.2, -0.15) is 10.5 Å². The van der Waals surface area contributed by atoms with Crippen LogP contribution in [-0.4, -0.2) is 29.7 Å². The Morgan fingerprint density at radius 1 is 1.21 bits per heavy atom. The molecular formula is C25H21N7O4S3. The average molecular weight is 580 g/mol. The van der Waals surface area contributed by atoms with E-state index in [1.807, 2.05) is 18.4 Å². The number of aromatic nitrogens is 2. The molecule has 0 saturated heterocycles. The zero-order valence-electron chi connectivity index (χ0n) is 20.6. The number of carbonyl (C=O) groups excluding carboxylic acids is 1. The number of amides is 1. The number of anilines is 3. The number of benzene rings is 1. The monoisotopic (exact) mass is 579 g/mol. The van der Waals surface area contributed by atoms with Gasteiger partial charge in [0.05, 0.1) is 15.7 Å². The number of hydrogen-bond acceptors (Lipinski definition) is 11. The lowest BCUT2D eigenvalue weighted by atomic mass is 10.0. The highest BCUT2D eigenvalue weighted by atomic mass is 32.2. The fourth-order valence-corrected chi connectivity index (χ4v) is 6.34. The van der Waals surface area contributed by atoms with E-state index in [9.17, 15) is 23.7 Å². The number of carbonyl (C=O) groups is 1. The SMILES string of the molecule is CCC(Sc1nc(N)c(C#N)c(-c2cccs2)c1C#N)C(=O)Nc1ccc(S(=O)(=O)Nc2cc(C)on2)cc1. The smallest absolute Gasteiger partial charge is 0.263 e. The minimum Gasteiger partial charge on any atom is -0.383 e. The fraction of sp³-hybridized carbons (Fsp3) is 0.160. The average Bonchev–Trinajstić information content (AvgIpc) is 3.58. The molecular weight excluding hydrogens is 559 g/mol. The molecule has 0 spiro atoms. The van der Waals surface area contributed by atoms with Crippen molar-refractivity contribution in [1.82, 2.24) is 10.1 Å². The van der Waals surface area contributed by atoms with Crippen LogP contribution in [0.4, 0.5) is 17.3 Å². The number of thioether (sulfide) groups is 1. The minimum absolute atomic E-state index is 0.0242. The molecule has 1 amide bonds. The Labute approximate surface area is 232 Å². The lowest BCUT2D eigenvalue weighted by molar-refractivity contribution is -0.115. The Kier molecular flexibility index (Phi) is 8.21. The van der Waals surface area contributed by atoms with Gasteiger partial charge in [-0.15, -0.1) is 11.3 Å². The molecule has 0 saturated carbocycles. The molecule has 4 N–H and O–H groups in total. The van der Waals surface area contributed by atoms with Gasteiger partial charge in [-0.3, -0.25) is 9.52 Å². The van der Waals surface area contributed by atoms with Crippen LogP contribution in [0.3, 0.4) is 0 Å². The number of hydrogen-bond donors (Lipinski definition) is 3. The predicted octanol–water partition coefficient (Wildman–Crippen LogP) is 4.74. The van der Waals surface area contributed by atoms with Crippen molar-refractivity contribution in [2.45, 2.75) is 35.4 Å². The van der Waals surface area contributed by atoms with Crippen LogP contribution < -0.4 is 15.8 Å². The normalized spacial score (nSPS) is 11.8. The van der Waals surface area contributed by atoms with E-state index in [0.717, 1.165) is 11.8 Å². The lowest BCUT2D eigenvalue weighted by Crippen LogP contribution is -2.25. The molecule has 3 aromatic heterocycles. The first-order valence-electron chi connectivity index (χ1n) is 11.4. The second kappa shape index (κ2) is 11.6. The molecule has 198 valence electrons. The molecule has 0 fully saturated rings. The zero-order valence-corrected chi connectivity index (χ0v) is 23.1. The molecule has 11 nitrogen and oxygen atoms in total. The van der Waals surface area contributed by atoms with E-state index < -0.39 is 15.3 Å². The number of nitrogens with one attached hydrogen (secondary N) is 2. The van der Waals surface area contributed by atoms with Crippen molar-refractivity contribution in [3.63, 3.8) is 0 Å². The number of aryl methyl sites for hydroxylation is 1. The first-order valence-corrected chi connectivity index (χ1v) is 14.6. The molecule has 1 aromatic carbocycles. The van der Waals surface area contributed by atoms with E-state index in [1.165, 1.54) is 41.7 Å². The number of pyridine rings is 1. The largest absolute Gasteiger partial charge is 0.383 e. The maximum atomic E-state index is 13.1. The van der Waals surface area contributed by atoms with E-state index in [2.05, 4.69) is 26.2 Å². The summed E-state index contributed by atoms with van der Waals surface area (Å²) >= 11 is 2.43. The van der Waals surface area contributed by atoms with E-state index in [4.69, 9.17) is 10.3 Å². The Morgan fingerprint density at radius 2 is 1.92 bits per heavy atom. The number of sulfonamides is 1. The molecule has 0 aliphatic carbocycles. The Bertz CT molecular complexity index is 1700. The van der Waals surface area contributed by atoms with Crippen molar-refractivity contribution in [2.24, 2.45) is 0 Å². The van der Waals surface area contributed by atoms with Crippen LogP contribution >= 0.6 is 23.1 Å². The van der Waals surface area contributed by atoms with Gasteiger partial charge in [0.2, 0.25) is 5.91 Å². The summed E-state index contributed by atoms with van der Waals surface area (Å²) in [6.07, 6.45) is 0.394. The van der Waals surface area contributed by atoms with Crippen LogP contribution in [0.5, 0.6) is 0 Å². The number of nitrogens with zero attached hydrogens (tertiary/aromatic N) is 4. The highest BCUT2D eigenvalue weighted by molar-refractivity contribution is 8.00. The molecule has 0 bridgehead atoms. The topological polar surface area (TPSA) is 188 Å². The molecule has 0 aliphatic rings. The third-order valence-electron chi connectivity index (χ3n) is 5.40. The summed E-state index contributed by atoms with van der Waals surface area (Å²) in [7, 11) is -3.91. The fourth-order valence-electron chi connectivity index (χ4n) is 3.56. The van der Waals surface area contributed by atoms with Crippen molar-refractivity contribution in [2.75, 3.05) is 15.8 Å². The summed E-state index contributed by atoms with van der Waals surface area (Å²) in [6.45, 7) is 3.45. The van der Waals surface area contributed by atoms with E-state index in [1.54, 1.807) is 19.1 Å². The molecule has 39 heavy (non-hydrogen) atoms. The molecule has 14 heteroatoms. The van der Waals surface area contributed by atoms with Crippen LogP contribution in [0.25, 0.3) is 10.4 Å². The van der Waals surface area contributed by atoms with Crippen LogP contribution in [0.2, 0.25) is 0 Å². The lowest BCUT2D eigenvalue weighted by Gasteiger charge is -2.17. The van der Waals surface area contributed by atoms with Crippen molar-refractivity contribution in [3.05, 3.63) is 64.7 Å². The second-order valence-electron chi connectivity index (χ2n) is 8.08. The van der Waals surface area contributed by atoms with Gasteiger partial charge in [0.15, 0.2) is 5.82 Å². The van der Waals surface area contributed by atoms with Crippen LogP contribution in [0, 0.1) is 29.6 Å². The van der Waals surface area contributed by atoms with Crippen LogP contribution in [-0.2, 0) is 14.8 Å². The van der Waals surface area contributed by atoms with Crippen LogP contribution in [0.15, 0.2) is 62.3 Å². The van der Waals surface area contributed by atoms with E-state index in [0.29, 0.717) is 28.3 Å². The number of nitrogens with two attached hydrogens (primary N) is 1. The summed E-state index contributed by atoms with van der Waals surface area (Å²) in [5.74, 6) is 0.116. The Balaban J connectivity index is 1.53. The molecule has 0 aliphatic heterocycles. The number of rotatable bonds is 9. The Morgan fingerprint density at radius 3 is 2.49 bits per heavy atom. The third kappa shape index (κ3) is 6.04. The first kappa shape index (κ1) is 27.7. The summed E-state index contributed by atoms with van der Waals surface area (Å²) in [5.41, 5.74) is 7.12. The van der Waals surface area contributed by atoms with Gasteiger partial charge in [-0.05, 0) is 49.1 Å². The van der Waals surface area contributed by atoms with E-state index in [-0.39, 0.29) is 38.6 Å². The summed E-state index contributed by atoms with van der Waals surface area (Å²) in [4.78, 5) is 18.1. The van der Waals surface area contributed by atoms with Crippen molar-refractivity contribution >= 4 is 56.4 Å². The van der Waals surface area contributed by atoms with Gasteiger partial charge in [0, 0.05) is 22.2 Å². The first-order chi connectivity index (χ1) is 18.7. The highest BCUT2D eigenvalue weighted by Crippen LogP contribution is 2.39. The van der Waals surface area contributed by atoms with Gasteiger partial charge in [0.25, 0.3) is 10.0 Å². The minimum atomic E-state index is -3.91. The molecule has 1 atom stereocenters. The maximum absolute atomic E-state index is 13.1.